The fraction of sp³-hybridized carbons (Fsp3) is 0. The molecule has 0 radical (unpaired) electrons. The van der Waals surface area contributed by atoms with Gasteiger partial charge in [-0.25, -0.2) is 4.79 Å². The molecule has 0 aliphatic heterocycles. The minimum absolute atomic E-state index is 0.269. The lowest BCUT2D eigenvalue weighted by Crippen LogP contribution is -1.97. The summed E-state index contributed by atoms with van der Waals surface area (Å²) in [5.74, 6) is -0.934. The van der Waals surface area contributed by atoms with Crippen LogP contribution in [-0.4, -0.2) is 11.1 Å². The van der Waals surface area contributed by atoms with Crippen molar-refractivity contribution in [2.45, 2.75) is 0 Å². The molecule has 0 bridgehead atoms. The Balaban J connectivity index is 2.50. The van der Waals surface area contributed by atoms with Gasteiger partial charge >= 0.3 is 5.97 Å². The molecule has 4 heteroatoms. The van der Waals surface area contributed by atoms with Gasteiger partial charge in [-0.3, -0.25) is 0 Å². The molecule has 1 N–H and O–H groups in total. The molecule has 0 saturated heterocycles. The predicted octanol–water partition coefficient (Wildman–Crippen LogP) is 4.58. The van der Waals surface area contributed by atoms with Gasteiger partial charge in [0.25, 0.3) is 0 Å². The Bertz CT molecular complexity index is 562. The lowest BCUT2D eigenvalue weighted by molar-refractivity contribution is 0.0696. The highest BCUT2D eigenvalue weighted by atomic mass is 79.9. The largest absolute Gasteiger partial charge is 0.478 e. The first-order valence-electron chi connectivity index (χ1n) is 4.87. The number of carboxylic acids is 1. The average molecular weight is 356 g/mol. The van der Waals surface area contributed by atoms with Gasteiger partial charge in [-0.05, 0) is 51.3 Å². The molecule has 0 amide bonds. The van der Waals surface area contributed by atoms with Gasteiger partial charge in [0.1, 0.15) is 0 Å². The molecule has 0 aromatic heterocycles. The molecule has 0 aliphatic carbocycles. The molecule has 0 fully saturated rings. The number of benzene rings is 2. The molecule has 0 atom stereocenters. The van der Waals surface area contributed by atoms with Crippen molar-refractivity contribution in [3.63, 3.8) is 0 Å². The summed E-state index contributed by atoms with van der Waals surface area (Å²) >= 11 is 6.59. The summed E-state index contributed by atoms with van der Waals surface area (Å²) in [5.41, 5.74) is 2.15. The molecule has 0 spiro atoms. The molecular weight excluding hydrogens is 348 g/mol. The Labute approximate surface area is 116 Å². The maximum atomic E-state index is 11.0. The molecule has 86 valence electrons. The molecule has 0 aliphatic rings. The van der Waals surface area contributed by atoms with Crippen molar-refractivity contribution < 1.29 is 9.90 Å². The highest BCUT2D eigenvalue weighted by molar-refractivity contribution is 9.10. The summed E-state index contributed by atoms with van der Waals surface area (Å²) in [6, 6.07) is 13.0. The molecule has 0 unspecified atom stereocenters. The Morgan fingerprint density at radius 3 is 2.12 bits per heavy atom. The third-order valence-corrected chi connectivity index (χ3v) is 3.59. The van der Waals surface area contributed by atoms with E-state index in [0.717, 1.165) is 15.6 Å². The number of carbonyl (C=O) groups is 1. The lowest BCUT2D eigenvalue weighted by Gasteiger charge is -2.05. The summed E-state index contributed by atoms with van der Waals surface area (Å²) in [7, 11) is 0. The smallest absolute Gasteiger partial charge is 0.336 e. The van der Waals surface area contributed by atoms with Gasteiger partial charge in [0.15, 0.2) is 0 Å². The molecule has 2 nitrogen and oxygen atoms in total. The van der Waals surface area contributed by atoms with Gasteiger partial charge in [-0.1, -0.05) is 34.1 Å². The van der Waals surface area contributed by atoms with Gasteiger partial charge in [-0.2, -0.15) is 0 Å². The molecule has 2 rings (SSSR count). The number of aromatic carboxylic acids is 1. The summed E-state index contributed by atoms with van der Waals surface area (Å²) in [5, 5.41) is 9.04. The molecule has 0 saturated carbocycles. The van der Waals surface area contributed by atoms with Crippen LogP contribution in [0.5, 0.6) is 0 Å². The first-order valence-corrected chi connectivity index (χ1v) is 6.45. The summed E-state index contributed by atoms with van der Waals surface area (Å²) < 4.78 is 1.59. The standard InChI is InChI=1S/C13H8Br2O2/c14-10-4-1-8(2-5-10)9-3-6-12(15)11(7-9)13(16)17/h1-7H,(H,16,17). The fourth-order valence-electron chi connectivity index (χ4n) is 1.51. The molecule has 17 heavy (non-hydrogen) atoms. The first-order chi connectivity index (χ1) is 8.08. The van der Waals surface area contributed by atoms with Crippen LogP contribution in [0.2, 0.25) is 0 Å². The van der Waals surface area contributed by atoms with E-state index >= 15 is 0 Å². The van der Waals surface area contributed by atoms with E-state index in [4.69, 9.17) is 5.11 Å². The van der Waals surface area contributed by atoms with Gasteiger partial charge in [0.05, 0.1) is 5.56 Å². The van der Waals surface area contributed by atoms with Crippen LogP contribution < -0.4 is 0 Å². The van der Waals surface area contributed by atoms with Gasteiger partial charge in [0, 0.05) is 8.95 Å². The minimum atomic E-state index is -0.934. The normalized spacial score (nSPS) is 10.2. The van der Waals surface area contributed by atoms with Crippen LogP contribution in [0, 0.1) is 0 Å². The van der Waals surface area contributed by atoms with E-state index in [9.17, 15) is 4.79 Å². The van der Waals surface area contributed by atoms with E-state index in [-0.39, 0.29) is 5.56 Å². The van der Waals surface area contributed by atoms with Crippen LogP contribution in [0.25, 0.3) is 11.1 Å². The summed E-state index contributed by atoms with van der Waals surface area (Å²) in [6.07, 6.45) is 0. The van der Waals surface area contributed by atoms with E-state index in [0.29, 0.717) is 4.47 Å². The van der Waals surface area contributed by atoms with Crippen molar-refractivity contribution in [2.75, 3.05) is 0 Å². The van der Waals surface area contributed by atoms with Gasteiger partial charge in [0.2, 0.25) is 0 Å². The predicted molar refractivity (Wildman–Crippen MR) is 74.2 cm³/mol. The Kier molecular flexibility index (Phi) is 3.64. The van der Waals surface area contributed by atoms with E-state index in [1.807, 2.05) is 30.3 Å². The molecule has 2 aromatic carbocycles. The van der Waals surface area contributed by atoms with Crippen LogP contribution in [0.4, 0.5) is 0 Å². The maximum Gasteiger partial charge on any atom is 0.336 e. The molecular formula is C13H8Br2O2. The topological polar surface area (TPSA) is 37.3 Å². The number of halogens is 2. The maximum absolute atomic E-state index is 11.0. The van der Waals surface area contributed by atoms with Crippen LogP contribution in [0.3, 0.4) is 0 Å². The van der Waals surface area contributed by atoms with Crippen molar-refractivity contribution in [2.24, 2.45) is 0 Å². The van der Waals surface area contributed by atoms with Crippen molar-refractivity contribution >= 4 is 37.8 Å². The second-order valence-electron chi connectivity index (χ2n) is 3.51. The van der Waals surface area contributed by atoms with E-state index in [2.05, 4.69) is 31.9 Å². The van der Waals surface area contributed by atoms with Crippen molar-refractivity contribution in [3.05, 3.63) is 57.0 Å². The second-order valence-corrected chi connectivity index (χ2v) is 5.28. The van der Waals surface area contributed by atoms with Crippen LogP contribution in [-0.2, 0) is 0 Å². The van der Waals surface area contributed by atoms with Gasteiger partial charge < -0.3 is 5.11 Å². The zero-order chi connectivity index (χ0) is 12.4. The van der Waals surface area contributed by atoms with Crippen LogP contribution in [0.1, 0.15) is 10.4 Å². The quantitative estimate of drug-likeness (QED) is 0.856. The zero-order valence-corrected chi connectivity index (χ0v) is 11.8. The third kappa shape index (κ3) is 2.76. The SMILES string of the molecule is O=C(O)c1cc(-c2ccc(Br)cc2)ccc1Br. The van der Waals surface area contributed by atoms with Crippen molar-refractivity contribution in [1.29, 1.82) is 0 Å². The first kappa shape index (κ1) is 12.3. The van der Waals surface area contributed by atoms with Crippen molar-refractivity contribution in [3.8, 4) is 11.1 Å². The Morgan fingerprint density at radius 1 is 0.941 bits per heavy atom. The second kappa shape index (κ2) is 5.02. The number of carboxylic acid groups (broad SMARTS) is 1. The van der Waals surface area contributed by atoms with E-state index < -0.39 is 5.97 Å². The summed E-state index contributed by atoms with van der Waals surface area (Å²) in [4.78, 5) is 11.0. The number of hydrogen-bond acceptors (Lipinski definition) is 1. The van der Waals surface area contributed by atoms with Crippen molar-refractivity contribution in [1.82, 2.24) is 0 Å². The average Bonchev–Trinajstić information content (AvgIpc) is 2.30. The highest BCUT2D eigenvalue weighted by Gasteiger charge is 2.09. The highest BCUT2D eigenvalue weighted by Crippen LogP contribution is 2.26. The van der Waals surface area contributed by atoms with Crippen LogP contribution >= 0.6 is 31.9 Å². The van der Waals surface area contributed by atoms with E-state index in [1.54, 1.807) is 12.1 Å². The molecule has 0 heterocycles. The number of rotatable bonds is 2. The Morgan fingerprint density at radius 2 is 1.53 bits per heavy atom. The third-order valence-electron chi connectivity index (χ3n) is 2.37. The zero-order valence-electron chi connectivity index (χ0n) is 8.65. The monoisotopic (exact) mass is 354 g/mol. The summed E-state index contributed by atoms with van der Waals surface area (Å²) in [6.45, 7) is 0. The lowest BCUT2D eigenvalue weighted by atomic mass is 10.0. The molecule has 2 aromatic rings. The van der Waals surface area contributed by atoms with Crippen LogP contribution in [0.15, 0.2) is 51.4 Å². The van der Waals surface area contributed by atoms with E-state index in [1.165, 1.54) is 0 Å². The number of hydrogen-bond donors (Lipinski definition) is 1. The van der Waals surface area contributed by atoms with Gasteiger partial charge in [-0.15, -0.1) is 0 Å². The minimum Gasteiger partial charge on any atom is -0.478 e. The Hall–Kier alpha value is -1.13. The fourth-order valence-corrected chi connectivity index (χ4v) is 2.19.